The number of aliphatic hydroxyl groups excluding tert-OH is 5. The zero-order valence-corrected chi connectivity index (χ0v) is 63.6. The van der Waals surface area contributed by atoms with Gasteiger partial charge in [-0.1, -0.05) is 398 Å². The molecule has 0 aromatic rings. The molecule has 568 valence electrons. The number of nitrogens with one attached hydrogen (secondary N) is 1. The van der Waals surface area contributed by atoms with Crippen LogP contribution in [0.1, 0.15) is 444 Å². The Labute approximate surface area is 594 Å². The van der Waals surface area contributed by atoms with Gasteiger partial charge in [-0.05, 0) is 57.8 Å². The van der Waals surface area contributed by atoms with E-state index in [1.165, 1.54) is 360 Å². The Kier molecular flexibility index (Phi) is 71.4. The number of amides is 1. The molecule has 0 radical (unpaired) electrons. The molecular weight excluding hydrogens is 1190 g/mol. The summed E-state index contributed by atoms with van der Waals surface area (Å²) in [5.74, 6) is -0.161. The smallest absolute Gasteiger partial charge is 0.305 e. The van der Waals surface area contributed by atoms with Crippen molar-refractivity contribution in [2.24, 2.45) is 0 Å². The number of carbonyl (C=O) groups excluding carboxylic acids is 2. The zero-order valence-electron chi connectivity index (χ0n) is 63.6. The van der Waals surface area contributed by atoms with Crippen LogP contribution in [0.5, 0.6) is 0 Å². The van der Waals surface area contributed by atoms with E-state index in [4.69, 9.17) is 14.2 Å². The summed E-state index contributed by atoms with van der Waals surface area (Å²) in [5.41, 5.74) is 0. The van der Waals surface area contributed by atoms with Crippen LogP contribution in [0, 0.1) is 0 Å². The molecule has 11 nitrogen and oxygen atoms in total. The lowest BCUT2D eigenvalue weighted by molar-refractivity contribution is -0.302. The molecule has 7 unspecified atom stereocenters. The van der Waals surface area contributed by atoms with Crippen LogP contribution in [0.15, 0.2) is 24.3 Å². The number of allylic oxidation sites excluding steroid dienone is 3. The van der Waals surface area contributed by atoms with Gasteiger partial charge in [0, 0.05) is 12.8 Å². The van der Waals surface area contributed by atoms with E-state index in [0.717, 1.165) is 57.8 Å². The van der Waals surface area contributed by atoms with E-state index in [0.29, 0.717) is 19.4 Å². The average molecular weight is 1360 g/mol. The van der Waals surface area contributed by atoms with Crippen molar-refractivity contribution in [2.75, 3.05) is 19.8 Å². The second-order valence-corrected chi connectivity index (χ2v) is 29.9. The molecule has 1 aliphatic rings. The Morgan fingerprint density at radius 3 is 1.00 bits per heavy atom. The quantitative estimate of drug-likeness (QED) is 0.0195. The Hall–Kier alpha value is -1.86. The molecule has 1 aliphatic heterocycles. The predicted molar refractivity (Wildman–Crippen MR) is 408 cm³/mol. The first-order valence-electron chi connectivity index (χ1n) is 42.6. The maximum absolute atomic E-state index is 13.1. The third kappa shape index (κ3) is 62.0. The highest BCUT2D eigenvalue weighted by Crippen LogP contribution is 2.24. The van der Waals surface area contributed by atoms with Gasteiger partial charge in [-0.2, -0.15) is 0 Å². The molecule has 0 aromatic carbocycles. The lowest BCUT2D eigenvalue weighted by Crippen LogP contribution is -2.60. The molecule has 0 saturated carbocycles. The van der Waals surface area contributed by atoms with Crippen molar-refractivity contribution in [1.82, 2.24) is 5.32 Å². The summed E-state index contributed by atoms with van der Waals surface area (Å²) in [5, 5.41) is 54.7. The van der Waals surface area contributed by atoms with Crippen LogP contribution >= 0.6 is 0 Å². The summed E-state index contributed by atoms with van der Waals surface area (Å²) in [6.07, 6.45) is 86.5. The van der Waals surface area contributed by atoms with Gasteiger partial charge in [0.15, 0.2) is 6.29 Å². The lowest BCUT2D eigenvalue weighted by Gasteiger charge is -2.40. The normalized spacial score (nSPS) is 17.3. The number of hydrogen-bond acceptors (Lipinski definition) is 10. The van der Waals surface area contributed by atoms with Crippen molar-refractivity contribution in [3.8, 4) is 0 Å². The number of esters is 1. The van der Waals surface area contributed by atoms with E-state index in [-0.39, 0.29) is 18.5 Å². The van der Waals surface area contributed by atoms with Crippen LogP contribution in [0.2, 0.25) is 0 Å². The SMILES string of the molecule is CCCCCCC/C=C\CCCCCCCC(=O)OCCCCCCCCCCCCCCCCCCCCCCCCCCCCCCCCCCCCCCCCCC(=O)NC(COC1OC(CO)C(O)C(O)C1O)C(O)/C=C/CCCCCCCCCCCCCCC. The van der Waals surface area contributed by atoms with Gasteiger partial charge in [0.05, 0.1) is 32.0 Å². The molecule has 0 bridgehead atoms. The standard InChI is InChI=1S/C85H163NO10/c1-3-5-7-9-11-13-15-17-44-47-51-55-59-63-67-71-78(88)77(76-95-85-84(93)83(92)82(91)79(75-87)96-85)86-80(89)72-68-64-60-56-52-48-45-42-40-38-36-34-32-30-28-26-24-22-20-19-21-23-25-27-29-31-33-35-37-39-41-43-46-50-54-58-62-66-70-74-94-81(90)73-69-65-61-57-53-49-18-16-14-12-10-8-6-4-2/h16,18,67,71,77-79,82-85,87-88,91-93H,3-15,17,19-66,68-70,72-76H2,1-2H3,(H,86,89)/b18-16-,71-67+. The Balaban J connectivity index is 1.88. The molecule has 7 atom stereocenters. The number of hydrogen-bond donors (Lipinski definition) is 6. The zero-order chi connectivity index (χ0) is 69.4. The van der Waals surface area contributed by atoms with E-state index < -0.39 is 49.5 Å². The largest absolute Gasteiger partial charge is 0.466 e. The minimum absolute atomic E-state index is 0.0107. The molecule has 0 aromatic heterocycles. The summed E-state index contributed by atoms with van der Waals surface area (Å²) >= 11 is 0. The van der Waals surface area contributed by atoms with Crippen LogP contribution in [0.3, 0.4) is 0 Å². The number of ether oxygens (including phenoxy) is 3. The van der Waals surface area contributed by atoms with Crippen molar-refractivity contribution >= 4 is 11.9 Å². The van der Waals surface area contributed by atoms with Crippen LogP contribution in [0.4, 0.5) is 0 Å². The minimum atomic E-state index is -1.57. The van der Waals surface area contributed by atoms with E-state index >= 15 is 0 Å². The summed E-state index contributed by atoms with van der Waals surface area (Å²) < 4.78 is 16.8. The van der Waals surface area contributed by atoms with Crippen molar-refractivity contribution in [3.05, 3.63) is 24.3 Å². The third-order valence-corrected chi connectivity index (χ3v) is 20.6. The number of unbranched alkanes of at least 4 members (excludes halogenated alkanes) is 61. The molecule has 0 aliphatic carbocycles. The van der Waals surface area contributed by atoms with Gasteiger partial charge < -0.3 is 45.1 Å². The van der Waals surface area contributed by atoms with Gasteiger partial charge in [-0.15, -0.1) is 0 Å². The second kappa shape index (κ2) is 74.3. The highest BCUT2D eigenvalue weighted by Gasteiger charge is 2.44. The molecule has 0 spiro atoms. The Bertz CT molecular complexity index is 1640. The van der Waals surface area contributed by atoms with Gasteiger partial charge in [0.2, 0.25) is 5.91 Å². The van der Waals surface area contributed by atoms with Gasteiger partial charge in [0.25, 0.3) is 0 Å². The van der Waals surface area contributed by atoms with E-state index in [1.54, 1.807) is 6.08 Å². The average Bonchev–Trinajstić information content (AvgIpc) is 1.45. The molecule has 1 saturated heterocycles. The fourth-order valence-electron chi connectivity index (χ4n) is 13.9. The van der Waals surface area contributed by atoms with E-state index in [9.17, 15) is 35.1 Å². The number of aliphatic hydroxyl groups is 5. The fraction of sp³-hybridized carbons (Fsp3) is 0.929. The summed E-state index contributed by atoms with van der Waals surface area (Å²) in [6, 6.07) is -0.805. The summed E-state index contributed by atoms with van der Waals surface area (Å²) in [7, 11) is 0. The van der Waals surface area contributed by atoms with Crippen molar-refractivity contribution in [3.63, 3.8) is 0 Å². The van der Waals surface area contributed by atoms with Gasteiger partial charge in [-0.25, -0.2) is 0 Å². The van der Waals surface area contributed by atoms with Gasteiger partial charge in [-0.3, -0.25) is 9.59 Å². The van der Waals surface area contributed by atoms with Crippen LogP contribution < -0.4 is 5.32 Å². The predicted octanol–water partition coefficient (Wildman–Crippen LogP) is 23.5. The Morgan fingerprint density at radius 1 is 0.375 bits per heavy atom. The molecular formula is C85H163NO10. The first kappa shape index (κ1) is 92.2. The minimum Gasteiger partial charge on any atom is -0.466 e. The van der Waals surface area contributed by atoms with Gasteiger partial charge >= 0.3 is 5.97 Å². The summed E-state index contributed by atoms with van der Waals surface area (Å²) in [4.78, 5) is 25.2. The third-order valence-electron chi connectivity index (χ3n) is 20.6. The van der Waals surface area contributed by atoms with Crippen molar-refractivity contribution < 1.29 is 49.3 Å². The number of carbonyl (C=O) groups is 2. The van der Waals surface area contributed by atoms with Crippen molar-refractivity contribution in [1.29, 1.82) is 0 Å². The maximum atomic E-state index is 13.1. The molecule has 1 amide bonds. The molecule has 1 heterocycles. The van der Waals surface area contributed by atoms with Gasteiger partial charge in [0.1, 0.15) is 24.4 Å². The first-order chi connectivity index (χ1) is 47.2. The second-order valence-electron chi connectivity index (χ2n) is 29.9. The molecule has 11 heteroatoms. The lowest BCUT2D eigenvalue weighted by atomic mass is 9.99. The van der Waals surface area contributed by atoms with Crippen LogP contribution in [0.25, 0.3) is 0 Å². The maximum Gasteiger partial charge on any atom is 0.305 e. The van der Waals surface area contributed by atoms with E-state index in [2.05, 4.69) is 31.3 Å². The highest BCUT2D eigenvalue weighted by molar-refractivity contribution is 5.76. The fourth-order valence-corrected chi connectivity index (χ4v) is 13.9. The first-order valence-corrected chi connectivity index (χ1v) is 42.6. The molecule has 96 heavy (non-hydrogen) atoms. The van der Waals surface area contributed by atoms with Crippen molar-refractivity contribution in [2.45, 2.75) is 487 Å². The van der Waals surface area contributed by atoms with E-state index in [1.807, 2.05) is 6.08 Å². The Morgan fingerprint density at radius 2 is 0.667 bits per heavy atom. The molecule has 1 rings (SSSR count). The van der Waals surface area contributed by atoms with Crippen LogP contribution in [-0.2, 0) is 23.8 Å². The molecule has 6 N–H and O–H groups in total. The molecule has 1 fully saturated rings. The topological polar surface area (TPSA) is 175 Å². The number of rotatable bonds is 77. The summed E-state index contributed by atoms with van der Waals surface area (Å²) in [6.45, 7) is 4.40. The highest BCUT2D eigenvalue weighted by atomic mass is 16.7. The van der Waals surface area contributed by atoms with Crippen LogP contribution in [-0.4, -0.2) is 100 Å². The monoisotopic (exact) mass is 1360 g/mol.